The monoisotopic (exact) mass is 596 g/mol. The van der Waals surface area contributed by atoms with E-state index in [-0.39, 0.29) is 54.7 Å². The van der Waals surface area contributed by atoms with Crippen molar-refractivity contribution in [3.8, 4) is 5.75 Å². The molecule has 12 heteroatoms. The molecule has 0 aliphatic carbocycles. The van der Waals surface area contributed by atoms with Gasteiger partial charge in [0.25, 0.3) is 11.8 Å². The molecule has 3 aliphatic rings. The minimum atomic E-state index is -1.02. The van der Waals surface area contributed by atoms with E-state index >= 15 is 0 Å². The molecule has 6 rings (SSSR count). The summed E-state index contributed by atoms with van der Waals surface area (Å²) in [6.45, 7) is 1.09. The normalized spacial score (nSPS) is 25.1. The Morgan fingerprint density at radius 2 is 1.93 bits per heavy atom. The number of carbonyl (C=O) groups is 2. The first kappa shape index (κ1) is 28.9. The molecular weight excluding hydrogens is 565 g/mol. The number of rotatable bonds is 7. The summed E-state index contributed by atoms with van der Waals surface area (Å²) in [6.07, 6.45) is 2.29. The molecular formula is C31H31F3N4O5. The van der Waals surface area contributed by atoms with Gasteiger partial charge in [-0.2, -0.15) is 5.06 Å². The molecule has 1 aromatic heterocycles. The number of primary amides is 1. The van der Waals surface area contributed by atoms with E-state index in [4.69, 9.17) is 15.3 Å². The Hall–Kier alpha value is -4.16. The van der Waals surface area contributed by atoms with Crippen molar-refractivity contribution in [3.63, 3.8) is 0 Å². The summed E-state index contributed by atoms with van der Waals surface area (Å²) >= 11 is 0. The van der Waals surface area contributed by atoms with Crippen LogP contribution in [0.3, 0.4) is 0 Å². The Bertz CT molecular complexity index is 1630. The Morgan fingerprint density at radius 1 is 1.16 bits per heavy atom. The predicted octanol–water partition coefficient (Wildman–Crippen LogP) is 3.90. The number of halogens is 3. The Morgan fingerprint density at radius 3 is 2.63 bits per heavy atom. The number of fused-ring (bicyclic) bond motifs is 5. The quantitative estimate of drug-likeness (QED) is 0.444. The maximum absolute atomic E-state index is 14.6. The van der Waals surface area contributed by atoms with Crippen LogP contribution < -0.4 is 15.9 Å². The second-order valence-electron chi connectivity index (χ2n) is 11.4. The smallest absolute Gasteiger partial charge is 0.274 e. The minimum Gasteiger partial charge on any atom is -0.483 e. The number of ether oxygens (including phenoxy) is 1. The molecule has 43 heavy (non-hydrogen) atoms. The standard InChI is InChI=1S/C31H31F3N4O5/c1-18-12-31(43-38(18)14-20-7-8-21(33)11-24(20)34)10-9-22(13-32)36-16-25(31)37-15-23(29(35)40)27(39)28(26(37)30(36)41)42-17-19-5-3-2-4-6-19/h2-8,11,15,18,22,25H,9-10,12-14,16-17H2,1H3,(H2,35,40)/t18?,22-,25-,31+/m1/s1. The van der Waals surface area contributed by atoms with Crippen molar-refractivity contribution in [1.29, 1.82) is 0 Å². The molecule has 2 saturated heterocycles. The van der Waals surface area contributed by atoms with Gasteiger partial charge in [-0.3, -0.25) is 19.2 Å². The number of pyridine rings is 1. The van der Waals surface area contributed by atoms with E-state index in [1.165, 1.54) is 27.8 Å². The van der Waals surface area contributed by atoms with Crippen molar-refractivity contribution in [2.24, 2.45) is 5.73 Å². The van der Waals surface area contributed by atoms with Gasteiger partial charge in [-0.15, -0.1) is 0 Å². The first-order valence-corrected chi connectivity index (χ1v) is 14.1. The summed E-state index contributed by atoms with van der Waals surface area (Å²) in [5.41, 5.74) is 4.25. The van der Waals surface area contributed by atoms with Crippen LogP contribution in [-0.2, 0) is 18.0 Å². The maximum Gasteiger partial charge on any atom is 0.274 e. The molecule has 1 spiro atoms. The largest absolute Gasteiger partial charge is 0.483 e. The molecule has 2 amide bonds. The molecule has 2 N–H and O–H groups in total. The van der Waals surface area contributed by atoms with E-state index in [1.54, 1.807) is 29.3 Å². The van der Waals surface area contributed by atoms with Crippen LogP contribution in [0, 0.1) is 11.6 Å². The second-order valence-corrected chi connectivity index (χ2v) is 11.4. The summed E-state index contributed by atoms with van der Waals surface area (Å²) < 4.78 is 50.0. The van der Waals surface area contributed by atoms with Gasteiger partial charge < -0.3 is 19.9 Å². The molecule has 0 radical (unpaired) electrons. The van der Waals surface area contributed by atoms with Gasteiger partial charge in [0.15, 0.2) is 11.4 Å². The number of nitrogens with zero attached hydrogens (tertiary/aromatic N) is 3. The van der Waals surface area contributed by atoms with Gasteiger partial charge in [-0.05, 0) is 37.8 Å². The van der Waals surface area contributed by atoms with Crippen LogP contribution in [0.2, 0.25) is 0 Å². The lowest BCUT2D eigenvalue weighted by Crippen LogP contribution is -2.53. The minimum absolute atomic E-state index is 0.0198. The van der Waals surface area contributed by atoms with Gasteiger partial charge in [0, 0.05) is 30.4 Å². The fraction of sp³-hybridized carbons (Fsp3) is 0.387. The van der Waals surface area contributed by atoms with E-state index in [2.05, 4.69) is 0 Å². The van der Waals surface area contributed by atoms with Crippen molar-refractivity contribution in [3.05, 3.63) is 99.0 Å². The molecule has 4 atom stereocenters. The van der Waals surface area contributed by atoms with Gasteiger partial charge in [0.05, 0.1) is 18.6 Å². The molecule has 3 aromatic rings. The zero-order chi connectivity index (χ0) is 30.5. The van der Waals surface area contributed by atoms with Crippen molar-refractivity contribution < 1.29 is 32.3 Å². The number of carbonyl (C=O) groups excluding carboxylic acids is 2. The van der Waals surface area contributed by atoms with Gasteiger partial charge >= 0.3 is 0 Å². The van der Waals surface area contributed by atoms with Gasteiger partial charge in [0.2, 0.25) is 5.43 Å². The Balaban J connectivity index is 1.45. The molecule has 1 unspecified atom stereocenters. The lowest BCUT2D eigenvalue weighted by atomic mass is 9.83. The fourth-order valence-electron chi connectivity index (χ4n) is 6.54. The first-order valence-electron chi connectivity index (χ1n) is 14.1. The van der Waals surface area contributed by atoms with Gasteiger partial charge in [-0.1, -0.05) is 36.4 Å². The van der Waals surface area contributed by atoms with E-state index in [0.29, 0.717) is 12.8 Å². The molecule has 4 heterocycles. The number of aromatic nitrogens is 1. The van der Waals surface area contributed by atoms with Crippen molar-refractivity contribution in [2.45, 2.75) is 63.1 Å². The van der Waals surface area contributed by atoms with Gasteiger partial charge in [0.1, 0.15) is 36.1 Å². The average molecular weight is 597 g/mol. The third-order valence-corrected chi connectivity index (χ3v) is 8.75. The van der Waals surface area contributed by atoms with Crippen LogP contribution in [0.1, 0.15) is 64.2 Å². The van der Waals surface area contributed by atoms with E-state index < -0.39 is 53.2 Å². The summed E-state index contributed by atoms with van der Waals surface area (Å²) in [5.74, 6) is -3.33. The lowest BCUT2D eigenvalue weighted by Gasteiger charge is -2.43. The van der Waals surface area contributed by atoms with Crippen LogP contribution in [0.4, 0.5) is 13.2 Å². The average Bonchev–Trinajstić information content (AvgIpc) is 3.22. The van der Waals surface area contributed by atoms with Crippen LogP contribution in [0.25, 0.3) is 0 Å². The van der Waals surface area contributed by atoms with Crippen LogP contribution >= 0.6 is 0 Å². The zero-order valence-corrected chi connectivity index (χ0v) is 23.5. The lowest BCUT2D eigenvalue weighted by molar-refractivity contribution is -0.225. The topological polar surface area (TPSA) is 107 Å². The number of alkyl halides is 1. The summed E-state index contributed by atoms with van der Waals surface area (Å²) in [7, 11) is 0. The molecule has 2 aromatic carbocycles. The zero-order valence-electron chi connectivity index (χ0n) is 23.5. The van der Waals surface area contributed by atoms with E-state index in [1.807, 2.05) is 13.0 Å². The molecule has 2 bridgehead atoms. The fourth-order valence-corrected chi connectivity index (χ4v) is 6.54. The van der Waals surface area contributed by atoms with Crippen LogP contribution in [0.15, 0.2) is 59.5 Å². The summed E-state index contributed by atoms with van der Waals surface area (Å²) in [4.78, 5) is 47.9. The first-order chi connectivity index (χ1) is 20.6. The number of nitrogens with two attached hydrogens (primary N) is 1. The summed E-state index contributed by atoms with van der Waals surface area (Å²) in [6, 6.07) is 10.6. The second kappa shape index (κ2) is 11.2. The number of benzene rings is 2. The SMILES string of the molecule is CC1C[C@]2(CC[C@H](CF)N3C[C@H]2n2cc(C(N)=O)c(=O)c(OCc4ccccc4)c2C3=O)ON1Cc1ccc(F)cc1F. The Labute approximate surface area is 245 Å². The number of hydrogen-bond acceptors (Lipinski definition) is 6. The molecule has 0 saturated carbocycles. The highest BCUT2D eigenvalue weighted by molar-refractivity contribution is 5.99. The highest BCUT2D eigenvalue weighted by Gasteiger charge is 2.56. The number of hydroxylamine groups is 2. The van der Waals surface area contributed by atoms with E-state index in [9.17, 15) is 27.6 Å². The van der Waals surface area contributed by atoms with Crippen molar-refractivity contribution >= 4 is 11.8 Å². The van der Waals surface area contributed by atoms with Crippen LogP contribution in [-0.4, -0.2) is 57.2 Å². The molecule has 3 aliphatic heterocycles. The number of amides is 2. The molecule has 9 nitrogen and oxygen atoms in total. The summed E-state index contributed by atoms with van der Waals surface area (Å²) in [5, 5.41) is 1.61. The van der Waals surface area contributed by atoms with E-state index in [0.717, 1.165) is 11.6 Å². The third kappa shape index (κ3) is 5.08. The molecule has 226 valence electrons. The highest BCUT2D eigenvalue weighted by Crippen LogP contribution is 2.49. The highest BCUT2D eigenvalue weighted by atomic mass is 19.1. The third-order valence-electron chi connectivity index (χ3n) is 8.75. The Kier molecular flexibility index (Phi) is 7.51. The predicted molar refractivity (Wildman–Crippen MR) is 149 cm³/mol. The van der Waals surface area contributed by atoms with Crippen molar-refractivity contribution in [1.82, 2.24) is 14.5 Å². The van der Waals surface area contributed by atoms with Gasteiger partial charge in [-0.25, -0.2) is 13.2 Å². The van der Waals surface area contributed by atoms with Crippen molar-refractivity contribution in [2.75, 3.05) is 13.2 Å². The molecule has 2 fully saturated rings. The van der Waals surface area contributed by atoms with Crippen LogP contribution in [0.5, 0.6) is 5.75 Å². The number of hydrogen-bond donors (Lipinski definition) is 1. The maximum atomic E-state index is 14.6.